The molecule has 6 nitrogen and oxygen atoms in total. The Morgan fingerprint density at radius 1 is 1.07 bits per heavy atom. The topological polar surface area (TPSA) is 76.9 Å². The summed E-state index contributed by atoms with van der Waals surface area (Å²) in [6.07, 6.45) is 1.36. The molecule has 0 bridgehead atoms. The van der Waals surface area contributed by atoms with Crippen LogP contribution in [0.5, 0.6) is 0 Å². The van der Waals surface area contributed by atoms with Gasteiger partial charge in [-0.1, -0.05) is 49.4 Å². The van der Waals surface area contributed by atoms with E-state index in [-0.39, 0.29) is 17.4 Å². The fourth-order valence-corrected chi connectivity index (χ4v) is 3.88. The summed E-state index contributed by atoms with van der Waals surface area (Å²) in [5, 5.41) is 12.2. The number of nitrogens with one attached hydrogen (secondary N) is 1. The minimum Gasteiger partial charge on any atom is -0.326 e. The number of thioether (sulfide) groups is 1. The molecule has 2 aromatic carbocycles. The van der Waals surface area contributed by atoms with Gasteiger partial charge in [0.1, 0.15) is 0 Å². The maximum atomic E-state index is 12.6. The molecule has 0 radical (unpaired) electrons. The lowest BCUT2D eigenvalue weighted by Crippen LogP contribution is -2.10. The highest BCUT2D eigenvalue weighted by Crippen LogP contribution is 2.25. The van der Waals surface area contributed by atoms with E-state index in [0.29, 0.717) is 17.7 Å². The number of amides is 1. The zero-order valence-corrected chi connectivity index (χ0v) is 18.3. The zero-order chi connectivity index (χ0) is 21.5. The number of hydrogen-bond acceptors (Lipinski definition) is 5. The molecule has 3 rings (SSSR count). The summed E-state index contributed by atoms with van der Waals surface area (Å²) in [7, 11) is 0. The maximum absolute atomic E-state index is 12.6. The second-order valence-corrected chi connectivity index (χ2v) is 7.96. The Morgan fingerprint density at radius 3 is 2.50 bits per heavy atom. The monoisotopic (exact) mass is 422 g/mol. The van der Waals surface area contributed by atoms with Crippen LogP contribution in [0, 0.1) is 6.92 Å². The van der Waals surface area contributed by atoms with Gasteiger partial charge in [-0.25, -0.2) is 0 Å². The normalized spacial score (nSPS) is 10.8. The Labute approximate surface area is 181 Å². The van der Waals surface area contributed by atoms with E-state index < -0.39 is 0 Å². The highest BCUT2D eigenvalue weighted by molar-refractivity contribution is 7.99. The molecular weight excluding hydrogens is 396 g/mol. The van der Waals surface area contributed by atoms with Crippen molar-refractivity contribution in [1.29, 1.82) is 0 Å². The average molecular weight is 423 g/mol. The first-order valence-corrected chi connectivity index (χ1v) is 11.1. The number of anilines is 1. The van der Waals surface area contributed by atoms with Gasteiger partial charge in [0.2, 0.25) is 5.91 Å². The lowest BCUT2D eigenvalue weighted by molar-refractivity contribution is -0.115. The van der Waals surface area contributed by atoms with Crippen molar-refractivity contribution in [1.82, 2.24) is 14.8 Å². The van der Waals surface area contributed by atoms with Gasteiger partial charge in [-0.05, 0) is 43.7 Å². The number of nitrogens with zero attached hydrogens (tertiary/aromatic N) is 3. The summed E-state index contributed by atoms with van der Waals surface area (Å²) in [4.78, 5) is 24.1. The van der Waals surface area contributed by atoms with Gasteiger partial charge >= 0.3 is 0 Å². The lowest BCUT2D eigenvalue weighted by Gasteiger charge is -2.09. The van der Waals surface area contributed by atoms with Crippen LogP contribution < -0.4 is 5.32 Å². The molecule has 1 heterocycles. The standard InChI is InChI=1S/C23H26N4O2S/c1-4-13-27-22(18-8-6-7-16(3)14-18)25-26-23(27)30-15-20(28)17-9-11-19(12-10-17)24-21(29)5-2/h6-12,14H,4-5,13,15H2,1-3H3,(H,24,29). The Bertz CT molecular complexity index is 1030. The molecule has 0 saturated carbocycles. The van der Waals surface area contributed by atoms with Crippen molar-refractivity contribution in [3.63, 3.8) is 0 Å². The van der Waals surface area contributed by atoms with E-state index in [2.05, 4.69) is 46.1 Å². The minimum absolute atomic E-state index is 0.0107. The molecule has 0 unspecified atom stereocenters. The Hall–Kier alpha value is -2.93. The van der Waals surface area contributed by atoms with Gasteiger partial charge in [0.05, 0.1) is 5.75 Å². The third-order valence-electron chi connectivity index (χ3n) is 4.58. The third-order valence-corrected chi connectivity index (χ3v) is 5.55. The number of Topliss-reactive ketones (excluding diaryl/α,β-unsaturated/α-hetero) is 1. The molecule has 0 aliphatic carbocycles. The second-order valence-electron chi connectivity index (χ2n) is 7.02. The van der Waals surface area contributed by atoms with E-state index in [1.165, 1.54) is 17.3 Å². The van der Waals surface area contributed by atoms with E-state index in [1.54, 1.807) is 31.2 Å². The first kappa shape index (κ1) is 21.8. The highest BCUT2D eigenvalue weighted by Gasteiger charge is 2.16. The number of aryl methyl sites for hydroxylation is 1. The summed E-state index contributed by atoms with van der Waals surface area (Å²) < 4.78 is 2.08. The first-order chi connectivity index (χ1) is 14.5. The van der Waals surface area contributed by atoms with Gasteiger partial charge in [0.25, 0.3) is 0 Å². The molecule has 0 spiro atoms. The van der Waals surface area contributed by atoms with E-state index in [4.69, 9.17) is 0 Å². The van der Waals surface area contributed by atoms with E-state index in [1.807, 2.05) is 12.1 Å². The summed E-state index contributed by atoms with van der Waals surface area (Å²) in [6.45, 7) is 6.75. The number of carbonyl (C=O) groups excluding carboxylic acids is 2. The van der Waals surface area contributed by atoms with Crippen LogP contribution in [-0.4, -0.2) is 32.2 Å². The molecule has 156 valence electrons. The van der Waals surface area contributed by atoms with Crippen molar-refractivity contribution in [2.75, 3.05) is 11.1 Å². The smallest absolute Gasteiger partial charge is 0.224 e. The molecule has 0 atom stereocenters. The summed E-state index contributed by atoms with van der Waals surface area (Å²) in [6, 6.07) is 15.2. The van der Waals surface area contributed by atoms with Crippen molar-refractivity contribution in [3.05, 3.63) is 59.7 Å². The molecule has 1 N–H and O–H groups in total. The van der Waals surface area contributed by atoms with Crippen molar-refractivity contribution < 1.29 is 9.59 Å². The average Bonchev–Trinajstić information content (AvgIpc) is 3.15. The van der Waals surface area contributed by atoms with Crippen molar-refractivity contribution in [3.8, 4) is 11.4 Å². The first-order valence-electron chi connectivity index (χ1n) is 10.1. The summed E-state index contributed by atoms with van der Waals surface area (Å²) in [5.41, 5.74) is 3.49. The van der Waals surface area contributed by atoms with Gasteiger partial charge in [-0.2, -0.15) is 0 Å². The van der Waals surface area contributed by atoms with Gasteiger partial charge < -0.3 is 9.88 Å². The predicted octanol–water partition coefficient (Wildman–Crippen LogP) is 4.99. The fraction of sp³-hybridized carbons (Fsp3) is 0.304. The number of aromatic nitrogens is 3. The van der Waals surface area contributed by atoms with Crippen LogP contribution in [0.1, 0.15) is 42.6 Å². The van der Waals surface area contributed by atoms with E-state index >= 15 is 0 Å². The van der Waals surface area contributed by atoms with Gasteiger partial charge in [0.15, 0.2) is 16.8 Å². The molecule has 0 fully saturated rings. The number of rotatable bonds is 9. The Balaban J connectivity index is 1.70. The molecule has 0 aliphatic heterocycles. The van der Waals surface area contributed by atoms with Crippen molar-refractivity contribution >= 4 is 29.1 Å². The maximum Gasteiger partial charge on any atom is 0.224 e. The minimum atomic E-state index is -0.0516. The molecule has 7 heteroatoms. The molecule has 1 amide bonds. The number of carbonyl (C=O) groups is 2. The molecular formula is C23H26N4O2S. The summed E-state index contributed by atoms with van der Waals surface area (Å²) in [5.74, 6) is 1.06. The molecule has 0 aliphatic rings. The quantitative estimate of drug-likeness (QED) is 0.388. The zero-order valence-electron chi connectivity index (χ0n) is 17.5. The number of hydrogen-bond donors (Lipinski definition) is 1. The van der Waals surface area contributed by atoms with E-state index in [9.17, 15) is 9.59 Å². The fourth-order valence-electron chi connectivity index (χ4n) is 3.02. The molecule has 30 heavy (non-hydrogen) atoms. The van der Waals surface area contributed by atoms with Crippen LogP contribution in [0.3, 0.4) is 0 Å². The van der Waals surface area contributed by atoms with E-state index in [0.717, 1.165) is 29.5 Å². The van der Waals surface area contributed by atoms with Crippen LogP contribution in [0.15, 0.2) is 53.7 Å². The lowest BCUT2D eigenvalue weighted by atomic mass is 10.1. The van der Waals surface area contributed by atoms with Gasteiger partial charge in [-0.15, -0.1) is 10.2 Å². The molecule has 1 aromatic heterocycles. The van der Waals surface area contributed by atoms with Crippen molar-refractivity contribution in [2.24, 2.45) is 0 Å². The molecule has 0 saturated heterocycles. The largest absolute Gasteiger partial charge is 0.326 e. The third kappa shape index (κ3) is 5.36. The van der Waals surface area contributed by atoms with Crippen LogP contribution in [0.2, 0.25) is 0 Å². The highest BCUT2D eigenvalue weighted by atomic mass is 32.2. The van der Waals surface area contributed by atoms with Crippen molar-refractivity contribution in [2.45, 2.75) is 45.3 Å². The van der Waals surface area contributed by atoms with Gasteiger partial charge in [0, 0.05) is 29.8 Å². The van der Waals surface area contributed by atoms with Gasteiger partial charge in [-0.3, -0.25) is 9.59 Å². The van der Waals surface area contributed by atoms with Crippen LogP contribution in [0.4, 0.5) is 5.69 Å². The Morgan fingerprint density at radius 2 is 1.83 bits per heavy atom. The second kappa shape index (κ2) is 10.2. The SMILES string of the molecule is CCCn1c(SCC(=O)c2ccc(NC(=O)CC)cc2)nnc1-c1cccc(C)c1. The summed E-state index contributed by atoms with van der Waals surface area (Å²) >= 11 is 1.40. The molecule has 3 aromatic rings. The number of ketones is 1. The van der Waals surface area contributed by atoms with Crippen LogP contribution >= 0.6 is 11.8 Å². The van der Waals surface area contributed by atoms with Crippen LogP contribution in [0.25, 0.3) is 11.4 Å². The Kier molecular flexibility index (Phi) is 7.41. The van der Waals surface area contributed by atoms with Crippen LogP contribution in [-0.2, 0) is 11.3 Å². The number of benzene rings is 2. The predicted molar refractivity (Wildman–Crippen MR) is 121 cm³/mol.